The minimum Gasteiger partial charge on any atom is -0.342 e. The quantitative estimate of drug-likeness (QED) is 0.765. The number of imidazole rings is 1. The molecule has 4 nitrogen and oxygen atoms in total. The van der Waals surface area contributed by atoms with Crippen LogP contribution in [0, 0.1) is 5.82 Å². The number of nitrogens with zero attached hydrogens (tertiary/aromatic N) is 1. The first kappa shape index (κ1) is 14.3. The number of benzene rings is 2. The lowest BCUT2D eigenvalue weighted by molar-refractivity contribution is 0.102. The summed E-state index contributed by atoms with van der Waals surface area (Å²) in [4.78, 5) is 19.8. The molecule has 0 aliphatic carbocycles. The zero-order valence-corrected chi connectivity index (χ0v) is 12.4. The highest BCUT2D eigenvalue weighted by Crippen LogP contribution is 2.21. The summed E-state index contributed by atoms with van der Waals surface area (Å²) in [6.07, 6.45) is 0. The normalized spacial score (nSPS) is 11.1. The third kappa shape index (κ3) is 2.83. The Morgan fingerprint density at radius 1 is 1.18 bits per heavy atom. The molecule has 3 aromatic rings. The molecule has 0 fully saturated rings. The number of rotatable bonds is 3. The molecular weight excluding hydrogens is 281 g/mol. The van der Waals surface area contributed by atoms with Gasteiger partial charge in [0.05, 0.1) is 11.0 Å². The van der Waals surface area contributed by atoms with Crippen LogP contribution in [0.15, 0.2) is 42.5 Å². The third-order valence-electron chi connectivity index (χ3n) is 3.41. The summed E-state index contributed by atoms with van der Waals surface area (Å²) in [5.74, 6) is 0.585. The molecule has 1 amide bonds. The molecule has 0 aliphatic heterocycles. The SMILES string of the molecule is CC(C)c1nc2ccc(NC(=O)c3ccc(F)cc3)cc2[nH]1. The van der Waals surface area contributed by atoms with Crippen LogP contribution in [0.2, 0.25) is 0 Å². The molecule has 0 spiro atoms. The van der Waals surface area contributed by atoms with Crippen LogP contribution in [0.1, 0.15) is 35.9 Å². The van der Waals surface area contributed by atoms with Gasteiger partial charge in [0.1, 0.15) is 11.6 Å². The number of anilines is 1. The van der Waals surface area contributed by atoms with Gasteiger partial charge in [-0.25, -0.2) is 9.37 Å². The predicted octanol–water partition coefficient (Wildman–Crippen LogP) is 4.08. The highest BCUT2D eigenvalue weighted by atomic mass is 19.1. The molecule has 0 unspecified atom stereocenters. The number of carbonyl (C=O) groups excluding carboxylic acids is 1. The number of hydrogen-bond acceptors (Lipinski definition) is 2. The van der Waals surface area contributed by atoms with Crippen molar-refractivity contribution in [3.05, 3.63) is 59.7 Å². The highest BCUT2D eigenvalue weighted by molar-refractivity contribution is 6.04. The van der Waals surface area contributed by atoms with Crippen LogP contribution in [0.4, 0.5) is 10.1 Å². The Bertz CT molecular complexity index is 822. The monoisotopic (exact) mass is 297 g/mol. The van der Waals surface area contributed by atoms with E-state index in [9.17, 15) is 9.18 Å². The first-order chi connectivity index (χ1) is 10.5. The zero-order valence-electron chi connectivity index (χ0n) is 12.4. The van der Waals surface area contributed by atoms with Crippen molar-refractivity contribution in [1.82, 2.24) is 9.97 Å². The van der Waals surface area contributed by atoms with Gasteiger partial charge in [-0.05, 0) is 42.5 Å². The van der Waals surface area contributed by atoms with Gasteiger partial charge in [0, 0.05) is 17.2 Å². The minimum atomic E-state index is -0.364. The standard InChI is InChI=1S/C17H16FN3O/c1-10(2)16-20-14-8-7-13(9-15(14)21-16)19-17(22)11-3-5-12(18)6-4-11/h3-10H,1-2H3,(H,19,22)(H,20,21). The van der Waals surface area contributed by atoms with Gasteiger partial charge in [0.15, 0.2) is 0 Å². The number of nitrogens with one attached hydrogen (secondary N) is 2. The molecule has 0 saturated heterocycles. The van der Waals surface area contributed by atoms with Gasteiger partial charge >= 0.3 is 0 Å². The van der Waals surface area contributed by atoms with Gasteiger partial charge in [0.2, 0.25) is 0 Å². The number of carbonyl (C=O) groups is 1. The fourth-order valence-corrected chi connectivity index (χ4v) is 2.19. The molecule has 1 heterocycles. The lowest BCUT2D eigenvalue weighted by Crippen LogP contribution is -2.11. The maximum absolute atomic E-state index is 12.9. The molecule has 0 aliphatic rings. The van der Waals surface area contributed by atoms with Gasteiger partial charge in [-0.1, -0.05) is 13.8 Å². The van der Waals surface area contributed by atoms with Crippen LogP contribution in [-0.2, 0) is 0 Å². The van der Waals surface area contributed by atoms with Crippen molar-refractivity contribution in [2.45, 2.75) is 19.8 Å². The molecule has 2 N–H and O–H groups in total. The second kappa shape index (κ2) is 5.60. The van der Waals surface area contributed by atoms with Gasteiger partial charge < -0.3 is 10.3 Å². The first-order valence-corrected chi connectivity index (χ1v) is 7.09. The Morgan fingerprint density at radius 2 is 1.91 bits per heavy atom. The molecule has 2 aromatic carbocycles. The van der Waals surface area contributed by atoms with E-state index in [2.05, 4.69) is 29.1 Å². The molecule has 5 heteroatoms. The van der Waals surface area contributed by atoms with E-state index in [-0.39, 0.29) is 11.7 Å². The van der Waals surface area contributed by atoms with Crippen LogP contribution in [-0.4, -0.2) is 15.9 Å². The molecule has 0 bridgehead atoms. The Labute approximate surface area is 127 Å². The number of amides is 1. The molecule has 0 saturated carbocycles. The lowest BCUT2D eigenvalue weighted by Gasteiger charge is -2.05. The number of fused-ring (bicyclic) bond motifs is 1. The predicted molar refractivity (Wildman–Crippen MR) is 84.5 cm³/mol. The van der Waals surface area contributed by atoms with Crippen LogP contribution >= 0.6 is 0 Å². The van der Waals surface area contributed by atoms with E-state index < -0.39 is 0 Å². The summed E-state index contributed by atoms with van der Waals surface area (Å²) in [6.45, 7) is 4.13. The molecule has 3 rings (SSSR count). The maximum atomic E-state index is 12.9. The second-order valence-electron chi connectivity index (χ2n) is 5.47. The number of H-pyrrole nitrogens is 1. The van der Waals surface area contributed by atoms with Gasteiger partial charge in [-0.3, -0.25) is 4.79 Å². The molecule has 0 atom stereocenters. The number of hydrogen-bond donors (Lipinski definition) is 2. The van der Waals surface area contributed by atoms with E-state index in [0.717, 1.165) is 16.9 Å². The average molecular weight is 297 g/mol. The summed E-state index contributed by atoms with van der Waals surface area (Å²) in [5, 5.41) is 2.80. The van der Waals surface area contributed by atoms with Crippen molar-refractivity contribution < 1.29 is 9.18 Å². The van der Waals surface area contributed by atoms with E-state index >= 15 is 0 Å². The van der Waals surface area contributed by atoms with Crippen LogP contribution in [0.3, 0.4) is 0 Å². The minimum absolute atomic E-state index is 0.275. The molecule has 22 heavy (non-hydrogen) atoms. The van der Waals surface area contributed by atoms with E-state index in [0.29, 0.717) is 17.2 Å². The smallest absolute Gasteiger partial charge is 0.255 e. The summed E-state index contributed by atoms with van der Waals surface area (Å²) in [7, 11) is 0. The Morgan fingerprint density at radius 3 is 2.59 bits per heavy atom. The van der Waals surface area contributed by atoms with Crippen LogP contribution in [0.5, 0.6) is 0 Å². The fourth-order valence-electron chi connectivity index (χ4n) is 2.19. The first-order valence-electron chi connectivity index (χ1n) is 7.09. The highest BCUT2D eigenvalue weighted by Gasteiger charge is 2.09. The summed E-state index contributed by atoms with van der Waals surface area (Å²) in [6, 6.07) is 10.9. The lowest BCUT2D eigenvalue weighted by atomic mass is 10.2. The Balaban J connectivity index is 1.84. The Hall–Kier alpha value is -2.69. The molecule has 1 aromatic heterocycles. The maximum Gasteiger partial charge on any atom is 0.255 e. The van der Waals surface area contributed by atoms with Gasteiger partial charge in [-0.2, -0.15) is 0 Å². The van der Waals surface area contributed by atoms with E-state index in [1.165, 1.54) is 24.3 Å². The van der Waals surface area contributed by atoms with Crippen molar-refractivity contribution >= 4 is 22.6 Å². The van der Waals surface area contributed by atoms with E-state index in [1.54, 1.807) is 6.07 Å². The van der Waals surface area contributed by atoms with Crippen molar-refractivity contribution in [1.29, 1.82) is 0 Å². The molecule has 0 radical (unpaired) electrons. The van der Waals surface area contributed by atoms with Crippen molar-refractivity contribution in [3.8, 4) is 0 Å². The van der Waals surface area contributed by atoms with Gasteiger partial charge in [0.25, 0.3) is 5.91 Å². The molecular formula is C17H16FN3O. The van der Waals surface area contributed by atoms with E-state index in [1.807, 2.05) is 12.1 Å². The van der Waals surface area contributed by atoms with E-state index in [4.69, 9.17) is 0 Å². The second-order valence-corrected chi connectivity index (χ2v) is 5.47. The van der Waals surface area contributed by atoms with Crippen molar-refractivity contribution in [3.63, 3.8) is 0 Å². The summed E-state index contributed by atoms with van der Waals surface area (Å²) in [5.41, 5.74) is 2.82. The molecule has 112 valence electrons. The third-order valence-corrected chi connectivity index (χ3v) is 3.41. The number of halogens is 1. The van der Waals surface area contributed by atoms with Crippen molar-refractivity contribution in [2.24, 2.45) is 0 Å². The van der Waals surface area contributed by atoms with Crippen LogP contribution < -0.4 is 5.32 Å². The number of aromatic amines is 1. The summed E-state index contributed by atoms with van der Waals surface area (Å²) >= 11 is 0. The largest absolute Gasteiger partial charge is 0.342 e. The van der Waals surface area contributed by atoms with Gasteiger partial charge in [-0.15, -0.1) is 0 Å². The number of aromatic nitrogens is 2. The zero-order chi connectivity index (χ0) is 15.7. The fraction of sp³-hybridized carbons (Fsp3) is 0.176. The van der Waals surface area contributed by atoms with Crippen molar-refractivity contribution in [2.75, 3.05) is 5.32 Å². The summed E-state index contributed by atoms with van der Waals surface area (Å²) < 4.78 is 12.9. The Kier molecular flexibility index (Phi) is 3.63. The average Bonchev–Trinajstić information content (AvgIpc) is 2.91. The van der Waals surface area contributed by atoms with Crippen LogP contribution in [0.25, 0.3) is 11.0 Å². The topological polar surface area (TPSA) is 57.8 Å².